The summed E-state index contributed by atoms with van der Waals surface area (Å²) in [5, 5.41) is 9.46. The number of nitrogens with zero attached hydrogens (tertiary/aromatic N) is 1. The summed E-state index contributed by atoms with van der Waals surface area (Å²) in [5.74, 6) is 0. The molecule has 98 valence electrons. The fourth-order valence-electron chi connectivity index (χ4n) is 1.85. The molecule has 0 amide bonds. The third-order valence-corrected chi connectivity index (χ3v) is 3.60. The van der Waals surface area contributed by atoms with Gasteiger partial charge in [0.15, 0.2) is 0 Å². The maximum Gasteiger partial charge on any atom is 0.0496 e. The van der Waals surface area contributed by atoms with Gasteiger partial charge in [-0.15, -0.1) is 0 Å². The Morgan fingerprint density at radius 1 is 1.19 bits per heavy atom. The summed E-state index contributed by atoms with van der Waals surface area (Å²) in [7, 11) is 0. The summed E-state index contributed by atoms with van der Waals surface area (Å²) in [6.45, 7) is 13.6. The molecule has 0 heterocycles. The van der Waals surface area contributed by atoms with E-state index in [0.29, 0.717) is 12.6 Å². The molecule has 0 fully saturated rings. The first-order valence-corrected chi connectivity index (χ1v) is 6.84. The maximum absolute atomic E-state index is 9.46. The summed E-state index contributed by atoms with van der Waals surface area (Å²) in [6.07, 6.45) is 4.91. The Morgan fingerprint density at radius 2 is 1.81 bits per heavy atom. The molecule has 0 aromatic heterocycles. The van der Waals surface area contributed by atoms with Crippen LogP contribution in [0, 0.1) is 5.41 Å². The second kappa shape index (κ2) is 8.08. The molecule has 0 rings (SSSR count). The highest BCUT2D eigenvalue weighted by molar-refractivity contribution is 4.78. The van der Waals surface area contributed by atoms with Crippen LogP contribution in [0.2, 0.25) is 0 Å². The van der Waals surface area contributed by atoms with Crippen molar-refractivity contribution in [3.05, 3.63) is 0 Å². The molecule has 0 aliphatic carbocycles. The Balaban J connectivity index is 4.21. The van der Waals surface area contributed by atoms with E-state index in [4.69, 9.17) is 0 Å². The van der Waals surface area contributed by atoms with E-state index in [1.165, 1.54) is 25.8 Å². The molecular formula is C14H31NO. The Morgan fingerprint density at radius 3 is 2.19 bits per heavy atom. The van der Waals surface area contributed by atoms with E-state index in [1.54, 1.807) is 0 Å². The minimum atomic E-state index is 0.0660. The average molecular weight is 229 g/mol. The van der Waals surface area contributed by atoms with E-state index in [2.05, 4.69) is 39.5 Å². The first-order valence-electron chi connectivity index (χ1n) is 6.84. The number of hydrogen-bond acceptors (Lipinski definition) is 2. The van der Waals surface area contributed by atoms with Gasteiger partial charge in [0.1, 0.15) is 0 Å². The predicted octanol–water partition coefficient (Wildman–Crippen LogP) is 3.30. The molecule has 1 N–H and O–H groups in total. The van der Waals surface area contributed by atoms with Crippen LogP contribution in [0.3, 0.4) is 0 Å². The zero-order valence-electron chi connectivity index (χ0n) is 11.9. The van der Waals surface area contributed by atoms with E-state index in [-0.39, 0.29) is 5.41 Å². The topological polar surface area (TPSA) is 23.5 Å². The molecule has 0 saturated carbocycles. The SMILES string of the molecule is CCCCCN(CC(C)(CC)CO)C(C)C. The normalized spacial score (nSPS) is 15.8. The Labute approximate surface area is 102 Å². The van der Waals surface area contributed by atoms with Gasteiger partial charge in [0.2, 0.25) is 0 Å². The van der Waals surface area contributed by atoms with Crippen LogP contribution in [0.25, 0.3) is 0 Å². The van der Waals surface area contributed by atoms with Crippen molar-refractivity contribution in [1.29, 1.82) is 0 Å². The number of hydrogen-bond donors (Lipinski definition) is 1. The third kappa shape index (κ3) is 5.86. The van der Waals surface area contributed by atoms with Crippen LogP contribution in [0.4, 0.5) is 0 Å². The predicted molar refractivity (Wildman–Crippen MR) is 71.7 cm³/mol. The van der Waals surface area contributed by atoms with Crippen LogP contribution in [0.15, 0.2) is 0 Å². The molecule has 0 aliphatic heterocycles. The van der Waals surface area contributed by atoms with Crippen LogP contribution in [0.5, 0.6) is 0 Å². The van der Waals surface area contributed by atoms with Crippen LogP contribution in [-0.2, 0) is 0 Å². The largest absolute Gasteiger partial charge is 0.396 e. The van der Waals surface area contributed by atoms with E-state index in [9.17, 15) is 5.11 Å². The van der Waals surface area contributed by atoms with Crippen LogP contribution < -0.4 is 0 Å². The number of aliphatic hydroxyl groups excluding tert-OH is 1. The van der Waals surface area contributed by atoms with Crippen molar-refractivity contribution in [2.24, 2.45) is 5.41 Å². The van der Waals surface area contributed by atoms with Gasteiger partial charge in [0.05, 0.1) is 0 Å². The van der Waals surface area contributed by atoms with E-state index < -0.39 is 0 Å². The molecule has 16 heavy (non-hydrogen) atoms. The first-order chi connectivity index (χ1) is 7.49. The number of rotatable bonds is 9. The van der Waals surface area contributed by atoms with Crippen LogP contribution in [0.1, 0.15) is 60.3 Å². The molecule has 0 saturated heterocycles. The molecule has 0 radical (unpaired) electrons. The quantitative estimate of drug-likeness (QED) is 0.613. The van der Waals surface area contributed by atoms with Crippen LogP contribution >= 0.6 is 0 Å². The second-order valence-corrected chi connectivity index (χ2v) is 5.59. The van der Waals surface area contributed by atoms with E-state index in [1.807, 2.05) is 0 Å². The second-order valence-electron chi connectivity index (χ2n) is 5.59. The summed E-state index contributed by atoms with van der Waals surface area (Å²) in [4.78, 5) is 2.51. The summed E-state index contributed by atoms with van der Waals surface area (Å²) in [6, 6.07) is 0.578. The number of unbranched alkanes of at least 4 members (excludes halogenated alkanes) is 2. The molecule has 2 heteroatoms. The highest BCUT2D eigenvalue weighted by Crippen LogP contribution is 2.23. The van der Waals surface area contributed by atoms with Crippen molar-refractivity contribution < 1.29 is 5.11 Å². The van der Waals surface area contributed by atoms with Gasteiger partial charge in [-0.05, 0) is 33.2 Å². The highest BCUT2D eigenvalue weighted by Gasteiger charge is 2.25. The van der Waals surface area contributed by atoms with Crippen molar-refractivity contribution in [1.82, 2.24) is 4.90 Å². The maximum atomic E-state index is 9.46. The molecule has 1 atom stereocenters. The smallest absolute Gasteiger partial charge is 0.0496 e. The van der Waals surface area contributed by atoms with Crippen molar-refractivity contribution in [3.8, 4) is 0 Å². The van der Waals surface area contributed by atoms with Gasteiger partial charge in [0.25, 0.3) is 0 Å². The Bertz CT molecular complexity index is 164. The van der Waals surface area contributed by atoms with Crippen molar-refractivity contribution in [3.63, 3.8) is 0 Å². The lowest BCUT2D eigenvalue weighted by Crippen LogP contribution is -2.42. The minimum Gasteiger partial charge on any atom is -0.396 e. The zero-order valence-corrected chi connectivity index (χ0v) is 11.9. The van der Waals surface area contributed by atoms with E-state index in [0.717, 1.165) is 13.0 Å². The third-order valence-electron chi connectivity index (χ3n) is 3.60. The Kier molecular flexibility index (Phi) is 8.04. The molecule has 0 spiro atoms. The van der Waals surface area contributed by atoms with Gasteiger partial charge in [-0.3, -0.25) is 0 Å². The lowest BCUT2D eigenvalue weighted by Gasteiger charge is -2.36. The molecule has 2 nitrogen and oxygen atoms in total. The van der Waals surface area contributed by atoms with Gasteiger partial charge in [-0.2, -0.15) is 0 Å². The summed E-state index contributed by atoms with van der Waals surface area (Å²) < 4.78 is 0. The standard InChI is InChI=1S/C14H31NO/c1-6-8-9-10-15(13(3)4)11-14(5,7-2)12-16/h13,16H,6-12H2,1-5H3. The van der Waals surface area contributed by atoms with Crippen molar-refractivity contribution >= 4 is 0 Å². The van der Waals surface area contributed by atoms with Gasteiger partial charge in [-0.1, -0.05) is 33.6 Å². The van der Waals surface area contributed by atoms with E-state index >= 15 is 0 Å². The van der Waals surface area contributed by atoms with Crippen molar-refractivity contribution in [2.45, 2.75) is 66.3 Å². The number of aliphatic hydroxyl groups is 1. The zero-order chi connectivity index (χ0) is 12.6. The lowest BCUT2D eigenvalue weighted by atomic mass is 9.87. The van der Waals surface area contributed by atoms with Crippen molar-refractivity contribution in [2.75, 3.05) is 19.7 Å². The molecular weight excluding hydrogens is 198 g/mol. The molecule has 0 aromatic carbocycles. The highest BCUT2D eigenvalue weighted by atomic mass is 16.3. The molecule has 0 aromatic rings. The molecule has 0 bridgehead atoms. The molecule has 0 aliphatic rings. The van der Waals surface area contributed by atoms with Gasteiger partial charge in [-0.25, -0.2) is 0 Å². The fraction of sp³-hybridized carbons (Fsp3) is 1.00. The fourth-order valence-corrected chi connectivity index (χ4v) is 1.85. The van der Waals surface area contributed by atoms with Crippen LogP contribution in [-0.4, -0.2) is 35.7 Å². The summed E-state index contributed by atoms with van der Waals surface area (Å²) >= 11 is 0. The monoisotopic (exact) mass is 229 g/mol. The minimum absolute atomic E-state index is 0.0660. The first kappa shape index (κ1) is 15.9. The van der Waals surface area contributed by atoms with Gasteiger partial charge >= 0.3 is 0 Å². The van der Waals surface area contributed by atoms with Gasteiger partial charge < -0.3 is 10.0 Å². The molecule has 1 unspecified atom stereocenters. The Hall–Kier alpha value is -0.0800. The van der Waals surface area contributed by atoms with Gasteiger partial charge in [0, 0.05) is 24.6 Å². The average Bonchev–Trinajstić information content (AvgIpc) is 2.27. The summed E-state index contributed by atoms with van der Waals surface area (Å²) in [5.41, 5.74) is 0.0660. The lowest BCUT2D eigenvalue weighted by molar-refractivity contribution is 0.0693.